The fourth-order valence-corrected chi connectivity index (χ4v) is 3.80. The number of nitrogens with zero attached hydrogens (tertiary/aromatic N) is 2. The molecule has 1 unspecified atom stereocenters. The molecule has 1 aliphatic carbocycles. The molecular weight excluding hydrogens is 407 g/mol. The number of aromatic nitrogens is 2. The highest BCUT2D eigenvalue weighted by atomic mass is 32.1. The minimum atomic E-state index is -4.80. The van der Waals surface area contributed by atoms with Gasteiger partial charge in [-0.05, 0) is 25.0 Å². The Morgan fingerprint density at radius 3 is 2.79 bits per heavy atom. The molecule has 1 aromatic carbocycles. The van der Waals surface area contributed by atoms with Crippen molar-refractivity contribution in [3.8, 4) is 5.75 Å². The van der Waals surface area contributed by atoms with Crippen LogP contribution in [0.1, 0.15) is 24.6 Å². The lowest BCUT2D eigenvalue weighted by atomic mass is 9.81. The van der Waals surface area contributed by atoms with E-state index in [1.165, 1.54) is 0 Å². The van der Waals surface area contributed by atoms with Gasteiger partial charge in [0.1, 0.15) is 17.4 Å². The molecule has 1 amide bonds. The molecule has 6 nitrogen and oxygen atoms in total. The highest BCUT2D eigenvalue weighted by molar-refractivity contribution is 7.13. The number of carbonyl (C=O) groups excluding carboxylic acids is 1. The molecule has 152 valence electrons. The summed E-state index contributed by atoms with van der Waals surface area (Å²) >= 11 is 0.837. The molecule has 0 bridgehead atoms. The van der Waals surface area contributed by atoms with Crippen LogP contribution in [0.5, 0.6) is 5.75 Å². The van der Waals surface area contributed by atoms with Crippen molar-refractivity contribution in [2.75, 3.05) is 5.32 Å². The smallest absolute Gasteiger partial charge is 0.420 e. The van der Waals surface area contributed by atoms with E-state index >= 15 is 0 Å². The number of anilines is 1. The minimum Gasteiger partial charge on any atom is -0.488 e. The van der Waals surface area contributed by atoms with Gasteiger partial charge in [-0.3, -0.25) is 9.78 Å². The number of rotatable bonds is 5. The van der Waals surface area contributed by atoms with Gasteiger partial charge in [-0.15, -0.1) is 11.3 Å². The van der Waals surface area contributed by atoms with Crippen molar-refractivity contribution in [3.05, 3.63) is 47.6 Å². The maximum Gasteiger partial charge on any atom is 0.420 e. The molecule has 29 heavy (non-hydrogen) atoms. The number of halogens is 3. The molecule has 1 aliphatic rings. The van der Waals surface area contributed by atoms with Gasteiger partial charge in [-0.25, -0.2) is 4.98 Å². The number of pyridine rings is 1. The molecular formula is C19H16F3N3O3S. The number of aliphatic hydroxyl groups excluding tert-OH is 1. The third kappa shape index (κ3) is 4.18. The molecule has 2 aromatic heterocycles. The summed E-state index contributed by atoms with van der Waals surface area (Å²) in [6.07, 6.45) is -4.96. The van der Waals surface area contributed by atoms with E-state index in [0.29, 0.717) is 18.6 Å². The Bertz CT molecular complexity index is 1030. The standard InChI is InChI=1S/C19H16F3N3O3S/c20-19(21,22)16(26)13-9-29-18(24-13)25-17(27)11-7-12(8-11)28-14-5-1-3-10-4-2-6-23-15(10)14/h1-6,9,11-12,16,26H,7-8H2,(H,24,25,27)/t11-,12-,16?. The van der Waals surface area contributed by atoms with Gasteiger partial charge >= 0.3 is 6.18 Å². The lowest BCUT2D eigenvalue weighted by Gasteiger charge is -2.34. The van der Waals surface area contributed by atoms with Gasteiger partial charge in [-0.1, -0.05) is 18.2 Å². The van der Waals surface area contributed by atoms with E-state index in [-0.39, 0.29) is 23.1 Å². The number of alkyl halides is 3. The number of hydrogen-bond donors (Lipinski definition) is 2. The van der Waals surface area contributed by atoms with Crippen molar-refractivity contribution >= 4 is 33.3 Å². The molecule has 1 saturated carbocycles. The van der Waals surface area contributed by atoms with E-state index in [9.17, 15) is 23.1 Å². The number of benzene rings is 1. The molecule has 1 atom stereocenters. The Morgan fingerprint density at radius 2 is 2.03 bits per heavy atom. The van der Waals surface area contributed by atoms with Crippen LogP contribution in [0.25, 0.3) is 10.9 Å². The predicted octanol–water partition coefficient (Wildman–Crippen LogP) is 4.08. The van der Waals surface area contributed by atoms with Gasteiger partial charge in [0, 0.05) is 22.9 Å². The lowest BCUT2D eigenvalue weighted by molar-refractivity contribution is -0.207. The molecule has 0 saturated heterocycles. The molecule has 0 aliphatic heterocycles. The van der Waals surface area contributed by atoms with Crippen molar-refractivity contribution in [3.63, 3.8) is 0 Å². The molecule has 1 fully saturated rings. The van der Waals surface area contributed by atoms with Gasteiger partial charge in [0.2, 0.25) is 5.91 Å². The normalized spacial score (nSPS) is 20.1. The molecule has 2 N–H and O–H groups in total. The fourth-order valence-electron chi connectivity index (χ4n) is 3.07. The number of fused-ring (bicyclic) bond motifs is 1. The molecule has 0 spiro atoms. The highest BCUT2D eigenvalue weighted by Gasteiger charge is 2.41. The summed E-state index contributed by atoms with van der Waals surface area (Å²) in [5.41, 5.74) is 0.220. The van der Waals surface area contributed by atoms with Crippen LogP contribution in [0.3, 0.4) is 0 Å². The summed E-state index contributed by atoms with van der Waals surface area (Å²) in [7, 11) is 0. The maximum atomic E-state index is 12.5. The summed E-state index contributed by atoms with van der Waals surface area (Å²) in [4.78, 5) is 20.3. The second kappa shape index (κ2) is 7.60. The van der Waals surface area contributed by atoms with E-state index in [2.05, 4.69) is 15.3 Å². The summed E-state index contributed by atoms with van der Waals surface area (Å²) in [6, 6.07) is 9.41. The van der Waals surface area contributed by atoms with Gasteiger partial charge in [0.25, 0.3) is 0 Å². The Kier molecular flexibility index (Phi) is 5.13. The van der Waals surface area contributed by atoms with Crippen molar-refractivity contribution < 1.29 is 27.8 Å². The van der Waals surface area contributed by atoms with Crippen LogP contribution < -0.4 is 10.1 Å². The number of carbonyl (C=O) groups is 1. The zero-order valence-electron chi connectivity index (χ0n) is 14.9. The van der Waals surface area contributed by atoms with E-state index in [1.54, 1.807) is 6.20 Å². The summed E-state index contributed by atoms with van der Waals surface area (Å²) < 4.78 is 43.5. The van der Waals surface area contributed by atoms with Crippen LogP contribution in [0.2, 0.25) is 0 Å². The zero-order chi connectivity index (χ0) is 20.6. The third-order valence-electron chi connectivity index (χ3n) is 4.70. The van der Waals surface area contributed by atoms with Crippen molar-refractivity contribution in [1.29, 1.82) is 0 Å². The first-order valence-corrected chi connectivity index (χ1v) is 9.70. The van der Waals surface area contributed by atoms with Crippen molar-refractivity contribution in [2.45, 2.75) is 31.2 Å². The van der Waals surface area contributed by atoms with Crippen LogP contribution in [0.15, 0.2) is 41.9 Å². The monoisotopic (exact) mass is 423 g/mol. The average molecular weight is 423 g/mol. The number of ether oxygens (including phenoxy) is 1. The zero-order valence-corrected chi connectivity index (χ0v) is 15.7. The van der Waals surface area contributed by atoms with Gasteiger partial charge in [0.15, 0.2) is 11.2 Å². The number of amides is 1. The summed E-state index contributed by atoms with van der Waals surface area (Å²) in [6.45, 7) is 0. The third-order valence-corrected chi connectivity index (χ3v) is 5.47. The molecule has 3 aromatic rings. The maximum absolute atomic E-state index is 12.5. The van der Waals surface area contributed by atoms with Crippen molar-refractivity contribution in [1.82, 2.24) is 9.97 Å². The second-order valence-corrected chi connectivity index (χ2v) is 7.61. The SMILES string of the molecule is O=C(Nc1nc(C(O)C(F)(F)F)cs1)[C@H]1C[C@H](Oc2cccc3cccnc23)C1. The number of aliphatic hydroxyl groups is 1. The fraction of sp³-hybridized carbons (Fsp3) is 0.316. The topological polar surface area (TPSA) is 84.3 Å². The van der Waals surface area contributed by atoms with Crippen LogP contribution >= 0.6 is 11.3 Å². The number of thiazole rings is 1. The van der Waals surface area contributed by atoms with Crippen LogP contribution in [-0.2, 0) is 4.79 Å². The number of para-hydroxylation sites is 1. The minimum absolute atomic E-state index is 0.0240. The van der Waals surface area contributed by atoms with E-state index in [1.807, 2.05) is 30.3 Å². The van der Waals surface area contributed by atoms with E-state index in [0.717, 1.165) is 27.6 Å². The Hall–Kier alpha value is -2.72. The van der Waals surface area contributed by atoms with Crippen LogP contribution in [0.4, 0.5) is 18.3 Å². The average Bonchev–Trinajstić information content (AvgIpc) is 3.11. The first-order valence-electron chi connectivity index (χ1n) is 8.82. The quantitative estimate of drug-likeness (QED) is 0.646. The second-order valence-electron chi connectivity index (χ2n) is 6.75. The lowest BCUT2D eigenvalue weighted by Crippen LogP contribution is -2.40. The first-order chi connectivity index (χ1) is 13.8. The van der Waals surface area contributed by atoms with Crippen LogP contribution in [-0.4, -0.2) is 33.3 Å². The molecule has 4 rings (SSSR count). The van der Waals surface area contributed by atoms with Crippen LogP contribution in [0, 0.1) is 5.92 Å². The Balaban J connectivity index is 1.32. The van der Waals surface area contributed by atoms with Crippen molar-refractivity contribution in [2.24, 2.45) is 5.92 Å². The number of nitrogens with one attached hydrogen (secondary N) is 1. The Labute approximate surface area is 167 Å². The summed E-state index contributed by atoms with van der Waals surface area (Å²) in [5.74, 6) is 0.00350. The molecule has 0 radical (unpaired) electrons. The highest BCUT2D eigenvalue weighted by Crippen LogP contribution is 2.36. The summed E-state index contributed by atoms with van der Waals surface area (Å²) in [5, 5.41) is 13.8. The first kappa shape index (κ1) is 19.6. The van der Waals surface area contributed by atoms with Gasteiger partial charge < -0.3 is 15.2 Å². The molecule has 10 heteroatoms. The van der Waals surface area contributed by atoms with Gasteiger partial charge in [0.05, 0.1) is 5.69 Å². The largest absolute Gasteiger partial charge is 0.488 e. The van der Waals surface area contributed by atoms with Gasteiger partial charge in [-0.2, -0.15) is 13.2 Å². The predicted molar refractivity (Wildman–Crippen MR) is 101 cm³/mol. The Morgan fingerprint density at radius 1 is 1.28 bits per heavy atom. The molecule has 2 heterocycles. The van der Waals surface area contributed by atoms with E-state index in [4.69, 9.17) is 4.74 Å². The van der Waals surface area contributed by atoms with E-state index < -0.39 is 18.0 Å². The number of hydrogen-bond acceptors (Lipinski definition) is 6.